The molecule has 6 heteroatoms. The summed E-state index contributed by atoms with van der Waals surface area (Å²) in [5.74, 6) is 0.904. The van der Waals surface area contributed by atoms with Gasteiger partial charge in [-0.05, 0) is 19.4 Å². The van der Waals surface area contributed by atoms with Crippen LogP contribution in [0, 0.1) is 0 Å². The quantitative estimate of drug-likeness (QED) is 0.916. The van der Waals surface area contributed by atoms with E-state index < -0.39 is 0 Å². The topological polar surface area (TPSA) is 69.6 Å². The van der Waals surface area contributed by atoms with Gasteiger partial charge < -0.3 is 10.3 Å². The Balaban J connectivity index is 1.88. The highest BCUT2D eigenvalue weighted by atomic mass is 32.1. The average Bonchev–Trinajstić information content (AvgIpc) is 3.10. The van der Waals surface area contributed by atoms with E-state index in [4.69, 9.17) is 5.73 Å². The van der Waals surface area contributed by atoms with Crippen LogP contribution in [0.4, 0.5) is 0 Å². The van der Waals surface area contributed by atoms with Crippen LogP contribution >= 0.6 is 11.3 Å². The van der Waals surface area contributed by atoms with Crippen LogP contribution in [0.1, 0.15) is 36.7 Å². The minimum Gasteiger partial charge on any atom is -0.330 e. The zero-order valence-corrected chi connectivity index (χ0v) is 11.1. The van der Waals surface area contributed by atoms with Crippen molar-refractivity contribution in [2.75, 3.05) is 6.54 Å². The Morgan fingerprint density at radius 1 is 1.39 bits per heavy atom. The summed E-state index contributed by atoms with van der Waals surface area (Å²) in [6, 6.07) is 0.551. The highest BCUT2D eigenvalue weighted by Crippen LogP contribution is 2.32. The molecule has 18 heavy (non-hydrogen) atoms. The lowest BCUT2D eigenvalue weighted by Gasteiger charge is -2.12. The predicted octanol–water partition coefficient (Wildman–Crippen LogP) is 2.02. The smallest absolute Gasteiger partial charge is 0.183 e. The summed E-state index contributed by atoms with van der Waals surface area (Å²) in [4.78, 5) is 4.59. The van der Waals surface area contributed by atoms with Crippen LogP contribution in [-0.4, -0.2) is 26.3 Å². The molecule has 0 spiro atoms. The molecule has 1 aliphatic rings. The molecule has 0 amide bonds. The molecule has 1 aliphatic carbocycles. The van der Waals surface area contributed by atoms with Gasteiger partial charge in [0.15, 0.2) is 5.82 Å². The van der Waals surface area contributed by atoms with Gasteiger partial charge in [0.05, 0.1) is 5.01 Å². The summed E-state index contributed by atoms with van der Waals surface area (Å²) in [5.41, 5.74) is 6.49. The molecule has 1 fully saturated rings. The van der Waals surface area contributed by atoms with Gasteiger partial charge in [-0.3, -0.25) is 0 Å². The number of rotatable bonds is 4. The Morgan fingerprint density at radius 3 is 3.00 bits per heavy atom. The van der Waals surface area contributed by atoms with Crippen LogP contribution < -0.4 is 5.73 Å². The van der Waals surface area contributed by atoms with Crippen molar-refractivity contribution >= 4 is 11.3 Å². The molecule has 2 aromatic heterocycles. The molecule has 0 saturated heterocycles. The lowest BCUT2D eigenvalue weighted by molar-refractivity contribution is 0.521. The fourth-order valence-corrected chi connectivity index (χ4v) is 3.32. The van der Waals surface area contributed by atoms with E-state index in [-0.39, 0.29) is 0 Å². The Kier molecular flexibility index (Phi) is 3.38. The molecule has 2 heterocycles. The van der Waals surface area contributed by atoms with Crippen molar-refractivity contribution in [3.05, 3.63) is 16.7 Å². The zero-order chi connectivity index (χ0) is 12.4. The summed E-state index contributed by atoms with van der Waals surface area (Å²) in [7, 11) is 0. The van der Waals surface area contributed by atoms with Gasteiger partial charge in [-0.15, -0.1) is 21.5 Å². The van der Waals surface area contributed by atoms with Crippen molar-refractivity contribution in [1.29, 1.82) is 0 Å². The van der Waals surface area contributed by atoms with E-state index in [0.717, 1.165) is 22.9 Å². The van der Waals surface area contributed by atoms with E-state index in [1.807, 2.05) is 6.33 Å². The van der Waals surface area contributed by atoms with Gasteiger partial charge in [-0.1, -0.05) is 12.8 Å². The first kappa shape index (κ1) is 11.8. The van der Waals surface area contributed by atoms with Crippen molar-refractivity contribution in [2.45, 2.75) is 38.1 Å². The number of hydrogen-bond acceptors (Lipinski definition) is 5. The monoisotopic (exact) mass is 263 g/mol. The molecule has 1 saturated carbocycles. The van der Waals surface area contributed by atoms with Gasteiger partial charge >= 0.3 is 0 Å². The van der Waals surface area contributed by atoms with E-state index in [0.29, 0.717) is 12.6 Å². The Labute approximate surface area is 110 Å². The SMILES string of the molecule is NCCc1nc(-c2nncn2C2CCCC2)cs1. The molecule has 2 aromatic rings. The van der Waals surface area contributed by atoms with Crippen LogP contribution in [-0.2, 0) is 6.42 Å². The Morgan fingerprint density at radius 2 is 2.22 bits per heavy atom. The average molecular weight is 263 g/mol. The highest BCUT2D eigenvalue weighted by molar-refractivity contribution is 7.09. The lowest BCUT2D eigenvalue weighted by Crippen LogP contribution is -2.06. The molecule has 0 aliphatic heterocycles. The van der Waals surface area contributed by atoms with Crippen molar-refractivity contribution < 1.29 is 0 Å². The molecule has 96 valence electrons. The normalized spacial score (nSPS) is 16.5. The van der Waals surface area contributed by atoms with Gasteiger partial charge in [0.2, 0.25) is 0 Å². The first-order valence-electron chi connectivity index (χ1n) is 6.43. The number of aromatic nitrogens is 4. The molecule has 0 aromatic carbocycles. The molecule has 0 bridgehead atoms. The fourth-order valence-electron chi connectivity index (χ4n) is 2.53. The largest absolute Gasteiger partial charge is 0.330 e. The number of hydrogen-bond donors (Lipinski definition) is 1. The highest BCUT2D eigenvalue weighted by Gasteiger charge is 2.21. The third kappa shape index (κ3) is 2.18. The first-order chi connectivity index (χ1) is 8.88. The van der Waals surface area contributed by atoms with Crippen molar-refractivity contribution in [2.24, 2.45) is 5.73 Å². The van der Waals surface area contributed by atoms with E-state index >= 15 is 0 Å². The van der Waals surface area contributed by atoms with E-state index in [9.17, 15) is 0 Å². The van der Waals surface area contributed by atoms with Gasteiger partial charge in [-0.2, -0.15) is 0 Å². The van der Waals surface area contributed by atoms with Crippen LogP contribution in [0.2, 0.25) is 0 Å². The van der Waals surface area contributed by atoms with Crippen LogP contribution in [0.15, 0.2) is 11.7 Å². The fraction of sp³-hybridized carbons (Fsp3) is 0.583. The second-order valence-electron chi connectivity index (χ2n) is 4.67. The minimum atomic E-state index is 0.551. The molecule has 3 rings (SSSR count). The van der Waals surface area contributed by atoms with Crippen molar-refractivity contribution in [3.63, 3.8) is 0 Å². The summed E-state index contributed by atoms with van der Waals surface area (Å²) < 4.78 is 2.19. The lowest BCUT2D eigenvalue weighted by atomic mass is 10.2. The summed E-state index contributed by atoms with van der Waals surface area (Å²) in [5, 5.41) is 11.4. The van der Waals surface area contributed by atoms with Crippen molar-refractivity contribution in [3.8, 4) is 11.5 Å². The number of nitrogens with two attached hydrogens (primary N) is 1. The minimum absolute atomic E-state index is 0.551. The van der Waals surface area contributed by atoms with E-state index in [2.05, 4.69) is 25.1 Å². The molecule has 0 unspecified atom stereocenters. The third-order valence-electron chi connectivity index (χ3n) is 3.43. The van der Waals surface area contributed by atoms with Gasteiger partial charge in [0.1, 0.15) is 12.0 Å². The second-order valence-corrected chi connectivity index (χ2v) is 5.61. The second kappa shape index (κ2) is 5.16. The zero-order valence-electron chi connectivity index (χ0n) is 10.2. The molecule has 2 N–H and O–H groups in total. The van der Waals surface area contributed by atoms with Gasteiger partial charge in [0.25, 0.3) is 0 Å². The molecular formula is C12H17N5S. The Hall–Kier alpha value is -1.27. The summed E-state index contributed by atoms with van der Waals surface area (Å²) >= 11 is 1.65. The predicted molar refractivity (Wildman–Crippen MR) is 71.4 cm³/mol. The first-order valence-corrected chi connectivity index (χ1v) is 7.31. The van der Waals surface area contributed by atoms with E-state index in [1.165, 1.54) is 25.7 Å². The Bertz CT molecular complexity index is 512. The van der Waals surface area contributed by atoms with Crippen LogP contribution in [0.25, 0.3) is 11.5 Å². The maximum Gasteiger partial charge on any atom is 0.183 e. The maximum atomic E-state index is 5.55. The van der Waals surface area contributed by atoms with Gasteiger partial charge in [-0.25, -0.2) is 4.98 Å². The van der Waals surface area contributed by atoms with Gasteiger partial charge in [0, 0.05) is 17.8 Å². The molecular weight excluding hydrogens is 246 g/mol. The van der Waals surface area contributed by atoms with Crippen LogP contribution in [0.5, 0.6) is 0 Å². The van der Waals surface area contributed by atoms with Crippen molar-refractivity contribution in [1.82, 2.24) is 19.7 Å². The van der Waals surface area contributed by atoms with Crippen LogP contribution in [0.3, 0.4) is 0 Å². The third-order valence-corrected chi connectivity index (χ3v) is 4.34. The maximum absolute atomic E-state index is 5.55. The summed E-state index contributed by atoms with van der Waals surface area (Å²) in [6.07, 6.45) is 7.74. The standard InChI is InChI=1S/C12H17N5S/c13-6-5-11-15-10(7-18-11)12-16-14-8-17(12)9-3-1-2-4-9/h7-9H,1-6,13H2. The molecule has 5 nitrogen and oxygen atoms in total. The summed E-state index contributed by atoms with van der Waals surface area (Å²) in [6.45, 7) is 0.641. The molecule has 0 atom stereocenters. The molecule has 0 radical (unpaired) electrons. The number of thiazole rings is 1. The van der Waals surface area contributed by atoms with E-state index in [1.54, 1.807) is 11.3 Å². The number of nitrogens with zero attached hydrogens (tertiary/aromatic N) is 4.